The second kappa shape index (κ2) is 4.79. The van der Waals surface area contributed by atoms with Gasteiger partial charge in [0.05, 0.1) is 23.9 Å². The van der Waals surface area contributed by atoms with Crippen molar-refractivity contribution in [1.29, 1.82) is 0 Å². The van der Waals surface area contributed by atoms with E-state index in [9.17, 15) is 9.59 Å². The molecule has 0 saturated heterocycles. The van der Waals surface area contributed by atoms with Crippen molar-refractivity contribution in [1.82, 2.24) is 4.98 Å². The van der Waals surface area contributed by atoms with Crippen LogP contribution >= 0.6 is 11.3 Å². The zero-order valence-corrected chi connectivity index (χ0v) is 9.49. The van der Waals surface area contributed by atoms with Gasteiger partial charge in [-0.25, -0.2) is 4.98 Å². The topological polar surface area (TPSA) is 98.2 Å². The molecule has 2 aromatic heterocycles. The molecule has 2 rings (SSSR count). The van der Waals surface area contributed by atoms with Gasteiger partial charge in [0.2, 0.25) is 5.91 Å². The molecule has 0 bridgehead atoms. The van der Waals surface area contributed by atoms with Gasteiger partial charge in [0.1, 0.15) is 6.26 Å². The smallest absolute Gasteiger partial charge is 0.260 e. The van der Waals surface area contributed by atoms with Gasteiger partial charge in [0.15, 0.2) is 5.13 Å². The van der Waals surface area contributed by atoms with Crippen LogP contribution in [-0.4, -0.2) is 16.8 Å². The van der Waals surface area contributed by atoms with Crippen molar-refractivity contribution in [3.05, 3.63) is 35.2 Å². The molecule has 0 aromatic carbocycles. The summed E-state index contributed by atoms with van der Waals surface area (Å²) in [4.78, 5) is 26.3. The quantitative estimate of drug-likeness (QED) is 0.847. The number of rotatable bonds is 4. The summed E-state index contributed by atoms with van der Waals surface area (Å²) < 4.78 is 4.79. The third kappa shape index (κ3) is 2.91. The van der Waals surface area contributed by atoms with Gasteiger partial charge in [-0.1, -0.05) is 0 Å². The Morgan fingerprint density at radius 2 is 2.35 bits per heavy atom. The number of carbonyl (C=O) groups excluding carboxylic acids is 2. The average molecular weight is 251 g/mol. The lowest BCUT2D eigenvalue weighted by atomic mass is 10.3. The number of nitrogens with zero attached hydrogens (tertiary/aromatic N) is 1. The molecule has 17 heavy (non-hydrogen) atoms. The molecule has 0 aliphatic heterocycles. The number of hydrogen-bond acceptors (Lipinski definition) is 5. The summed E-state index contributed by atoms with van der Waals surface area (Å²) in [5.74, 6) is -0.762. The highest BCUT2D eigenvalue weighted by Crippen LogP contribution is 2.16. The molecule has 3 N–H and O–H groups in total. The highest BCUT2D eigenvalue weighted by Gasteiger charge is 2.10. The van der Waals surface area contributed by atoms with Crippen LogP contribution in [-0.2, 0) is 11.2 Å². The van der Waals surface area contributed by atoms with Crippen molar-refractivity contribution < 1.29 is 14.0 Å². The number of nitrogens with one attached hydrogen (secondary N) is 1. The van der Waals surface area contributed by atoms with Gasteiger partial charge in [-0.2, -0.15) is 0 Å². The number of primary amides is 1. The fourth-order valence-corrected chi connectivity index (χ4v) is 1.89. The van der Waals surface area contributed by atoms with Crippen LogP contribution in [0.1, 0.15) is 16.1 Å². The average Bonchev–Trinajstić information content (AvgIpc) is 2.87. The third-order valence-corrected chi connectivity index (χ3v) is 2.72. The minimum absolute atomic E-state index is 0.0675. The molecule has 0 aliphatic carbocycles. The Labute approximate surface area is 100 Å². The Hall–Kier alpha value is -2.15. The summed E-state index contributed by atoms with van der Waals surface area (Å²) in [7, 11) is 0. The molecule has 0 aliphatic rings. The van der Waals surface area contributed by atoms with Crippen LogP contribution in [0.15, 0.2) is 28.4 Å². The first-order valence-electron chi connectivity index (χ1n) is 4.71. The number of thiazole rings is 1. The molecule has 7 heteroatoms. The number of nitrogens with two attached hydrogens (primary N) is 1. The maximum Gasteiger partial charge on any atom is 0.260 e. The molecule has 0 fully saturated rings. The molecular weight excluding hydrogens is 242 g/mol. The normalized spacial score (nSPS) is 10.1. The van der Waals surface area contributed by atoms with E-state index in [0.717, 1.165) is 0 Å². The van der Waals surface area contributed by atoms with Crippen LogP contribution in [0.25, 0.3) is 0 Å². The summed E-state index contributed by atoms with van der Waals surface area (Å²) in [5.41, 5.74) is 6.00. The van der Waals surface area contributed by atoms with E-state index in [0.29, 0.717) is 16.4 Å². The van der Waals surface area contributed by atoms with Gasteiger partial charge >= 0.3 is 0 Å². The summed E-state index contributed by atoms with van der Waals surface area (Å²) in [6.45, 7) is 0. The Bertz CT molecular complexity index is 533. The number of hydrogen-bond donors (Lipinski definition) is 2. The number of anilines is 1. The maximum absolute atomic E-state index is 11.6. The Morgan fingerprint density at radius 1 is 1.53 bits per heavy atom. The standard InChI is InChI=1S/C10H9N3O3S/c11-8(14)3-7-5-17-10(12-7)13-9(15)6-1-2-16-4-6/h1-2,4-5H,3H2,(H2,11,14)(H,12,13,15). The van der Waals surface area contributed by atoms with Gasteiger partial charge in [-0.3, -0.25) is 14.9 Å². The predicted molar refractivity (Wildman–Crippen MR) is 61.7 cm³/mol. The Morgan fingerprint density at radius 3 is 3.00 bits per heavy atom. The van der Waals surface area contributed by atoms with Crippen LogP contribution in [0.5, 0.6) is 0 Å². The van der Waals surface area contributed by atoms with Crippen LogP contribution in [0.3, 0.4) is 0 Å². The lowest BCUT2D eigenvalue weighted by Crippen LogP contribution is -2.14. The van der Waals surface area contributed by atoms with Crippen molar-refractivity contribution >= 4 is 28.3 Å². The second-order valence-corrected chi connectivity index (χ2v) is 4.11. The summed E-state index contributed by atoms with van der Waals surface area (Å²) in [6, 6.07) is 1.55. The fraction of sp³-hybridized carbons (Fsp3) is 0.100. The molecule has 6 nitrogen and oxygen atoms in total. The first-order valence-corrected chi connectivity index (χ1v) is 5.59. The van der Waals surface area contributed by atoms with E-state index in [2.05, 4.69) is 10.3 Å². The van der Waals surface area contributed by atoms with E-state index in [4.69, 9.17) is 10.2 Å². The van der Waals surface area contributed by atoms with Crippen LogP contribution in [0.4, 0.5) is 5.13 Å². The van der Waals surface area contributed by atoms with E-state index < -0.39 is 5.91 Å². The van der Waals surface area contributed by atoms with E-state index in [-0.39, 0.29) is 12.3 Å². The zero-order valence-electron chi connectivity index (χ0n) is 8.67. The number of furan rings is 1. The molecule has 2 heterocycles. The van der Waals surface area contributed by atoms with Gasteiger partial charge in [0.25, 0.3) is 5.91 Å². The van der Waals surface area contributed by atoms with Crippen molar-refractivity contribution in [2.45, 2.75) is 6.42 Å². The predicted octanol–water partition coefficient (Wildman–Crippen LogP) is 1.02. The van der Waals surface area contributed by atoms with Crippen LogP contribution in [0, 0.1) is 0 Å². The number of carbonyl (C=O) groups is 2. The number of aromatic nitrogens is 1. The fourth-order valence-electron chi connectivity index (χ4n) is 1.19. The highest BCUT2D eigenvalue weighted by atomic mass is 32.1. The van der Waals surface area contributed by atoms with Crippen molar-refractivity contribution in [3.63, 3.8) is 0 Å². The van der Waals surface area contributed by atoms with Crippen molar-refractivity contribution in [2.75, 3.05) is 5.32 Å². The first-order chi connectivity index (χ1) is 8.15. The minimum atomic E-state index is -0.456. The summed E-state index contributed by atoms with van der Waals surface area (Å²) in [5, 5.41) is 4.69. The first kappa shape index (κ1) is 11.3. The molecule has 0 spiro atoms. The van der Waals surface area contributed by atoms with Gasteiger partial charge < -0.3 is 10.2 Å². The molecule has 2 aromatic rings. The molecule has 0 atom stereocenters. The lowest BCUT2D eigenvalue weighted by Gasteiger charge is -1.97. The van der Waals surface area contributed by atoms with Crippen molar-refractivity contribution in [2.24, 2.45) is 5.73 Å². The molecule has 88 valence electrons. The van der Waals surface area contributed by atoms with Crippen LogP contribution in [0.2, 0.25) is 0 Å². The molecule has 0 unspecified atom stereocenters. The van der Waals surface area contributed by atoms with E-state index in [1.807, 2.05) is 0 Å². The minimum Gasteiger partial charge on any atom is -0.472 e. The monoisotopic (exact) mass is 251 g/mol. The van der Waals surface area contributed by atoms with Gasteiger partial charge in [-0.15, -0.1) is 11.3 Å². The lowest BCUT2D eigenvalue weighted by molar-refractivity contribution is -0.117. The largest absolute Gasteiger partial charge is 0.472 e. The van der Waals surface area contributed by atoms with Gasteiger partial charge in [-0.05, 0) is 6.07 Å². The molecule has 0 saturated carbocycles. The van der Waals surface area contributed by atoms with Gasteiger partial charge in [0, 0.05) is 5.38 Å². The van der Waals surface area contributed by atoms with E-state index >= 15 is 0 Å². The second-order valence-electron chi connectivity index (χ2n) is 3.25. The Balaban J connectivity index is 2.02. The maximum atomic E-state index is 11.6. The summed E-state index contributed by atoms with van der Waals surface area (Å²) >= 11 is 1.24. The molecule has 2 amide bonds. The number of amides is 2. The van der Waals surface area contributed by atoms with Crippen molar-refractivity contribution in [3.8, 4) is 0 Å². The van der Waals surface area contributed by atoms with Crippen LogP contribution < -0.4 is 11.1 Å². The highest BCUT2D eigenvalue weighted by molar-refractivity contribution is 7.14. The third-order valence-electron chi connectivity index (χ3n) is 1.91. The molecular formula is C10H9N3O3S. The molecule has 0 radical (unpaired) electrons. The Kier molecular flexibility index (Phi) is 3.20. The SMILES string of the molecule is NC(=O)Cc1csc(NC(=O)c2ccoc2)n1. The summed E-state index contributed by atoms with van der Waals surface area (Å²) in [6.07, 6.45) is 2.82. The van der Waals surface area contributed by atoms with E-state index in [1.165, 1.54) is 23.9 Å². The van der Waals surface area contributed by atoms with E-state index in [1.54, 1.807) is 11.4 Å². The zero-order chi connectivity index (χ0) is 12.3.